The van der Waals surface area contributed by atoms with Crippen LogP contribution in [-0.2, 0) is 11.2 Å². The second-order valence-electron chi connectivity index (χ2n) is 4.82. The predicted octanol–water partition coefficient (Wildman–Crippen LogP) is 3.00. The fourth-order valence-corrected chi connectivity index (χ4v) is 1.97. The normalized spacial score (nSPS) is 10.7. The molecular formula is C17H18N2O. The van der Waals surface area contributed by atoms with E-state index in [0.29, 0.717) is 6.42 Å². The highest BCUT2D eigenvalue weighted by Crippen LogP contribution is 2.07. The zero-order chi connectivity index (χ0) is 14.4. The smallest absolute Gasteiger partial charge is 0.244 e. The van der Waals surface area contributed by atoms with E-state index in [1.54, 1.807) is 6.21 Å². The van der Waals surface area contributed by atoms with Crippen molar-refractivity contribution in [2.75, 3.05) is 0 Å². The zero-order valence-electron chi connectivity index (χ0n) is 11.8. The lowest BCUT2D eigenvalue weighted by molar-refractivity contribution is -0.120. The minimum absolute atomic E-state index is 0.114. The SMILES string of the molecule is Cc1ccc(C=NNC(=O)Cc2ccccc2)c(C)c1. The topological polar surface area (TPSA) is 41.5 Å². The van der Waals surface area contributed by atoms with Crippen molar-refractivity contribution in [3.05, 3.63) is 70.8 Å². The maximum absolute atomic E-state index is 11.7. The van der Waals surface area contributed by atoms with Crippen LogP contribution in [0.4, 0.5) is 0 Å². The molecule has 0 saturated heterocycles. The monoisotopic (exact) mass is 266 g/mol. The summed E-state index contributed by atoms with van der Waals surface area (Å²) < 4.78 is 0. The number of rotatable bonds is 4. The molecule has 3 nitrogen and oxygen atoms in total. The summed E-state index contributed by atoms with van der Waals surface area (Å²) in [5.74, 6) is -0.114. The summed E-state index contributed by atoms with van der Waals surface area (Å²) >= 11 is 0. The Kier molecular flexibility index (Phi) is 4.66. The molecule has 0 aromatic heterocycles. The average Bonchev–Trinajstić information content (AvgIpc) is 2.42. The molecule has 1 N–H and O–H groups in total. The number of nitrogens with one attached hydrogen (secondary N) is 1. The molecule has 2 aromatic carbocycles. The molecule has 3 heteroatoms. The van der Waals surface area contributed by atoms with Gasteiger partial charge < -0.3 is 0 Å². The van der Waals surface area contributed by atoms with Gasteiger partial charge in [0, 0.05) is 0 Å². The van der Waals surface area contributed by atoms with Crippen LogP contribution in [0, 0.1) is 13.8 Å². The summed E-state index contributed by atoms with van der Waals surface area (Å²) in [6, 6.07) is 15.7. The second-order valence-corrected chi connectivity index (χ2v) is 4.82. The van der Waals surface area contributed by atoms with Crippen molar-refractivity contribution >= 4 is 12.1 Å². The molecule has 0 unspecified atom stereocenters. The lowest BCUT2D eigenvalue weighted by Crippen LogP contribution is -2.19. The van der Waals surface area contributed by atoms with Gasteiger partial charge in [0.2, 0.25) is 5.91 Å². The van der Waals surface area contributed by atoms with Gasteiger partial charge in [0.1, 0.15) is 0 Å². The van der Waals surface area contributed by atoms with Crippen molar-refractivity contribution in [2.45, 2.75) is 20.3 Å². The molecule has 0 aliphatic rings. The van der Waals surface area contributed by atoms with Crippen LogP contribution in [0.1, 0.15) is 22.3 Å². The highest BCUT2D eigenvalue weighted by atomic mass is 16.2. The largest absolute Gasteiger partial charge is 0.273 e. The maximum atomic E-state index is 11.7. The first-order chi connectivity index (χ1) is 9.65. The Labute approximate surface area is 119 Å². The van der Waals surface area contributed by atoms with Crippen molar-refractivity contribution in [3.63, 3.8) is 0 Å². The van der Waals surface area contributed by atoms with Crippen LogP contribution < -0.4 is 5.43 Å². The van der Waals surface area contributed by atoms with Crippen LogP contribution in [-0.4, -0.2) is 12.1 Å². The lowest BCUT2D eigenvalue weighted by Gasteiger charge is -2.02. The molecule has 0 saturated carbocycles. The third-order valence-electron chi connectivity index (χ3n) is 3.03. The number of amides is 1. The van der Waals surface area contributed by atoms with Crippen LogP contribution >= 0.6 is 0 Å². The van der Waals surface area contributed by atoms with Crippen molar-refractivity contribution in [2.24, 2.45) is 5.10 Å². The Balaban J connectivity index is 1.91. The molecule has 0 fully saturated rings. The number of carbonyl (C=O) groups excluding carboxylic acids is 1. The quantitative estimate of drug-likeness (QED) is 0.671. The summed E-state index contributed by atoms with van der Waals surface area (Å²) in [4.78, 5) is 11.7. The fourth-order valence-electron chi connectivity index (χ4n) is 1.97. The number of aryl methyl sites for hydroxylation is 2. The first kappa shape index (κ1) is 14.0. The van der Waals surface area contributed by atoms with Crippen LogP contribution in [0.3, 0.4) is 0 Å². The van der Waals surface area contributed by atoms with E-state index in [-0.39, 0.29) is 5.91 Å². The molecule has 0 heterocycles. The summed E-state index contributed by atoms with van der Waals surface area (Å²) in [6.07, 6.45) is 2.02. The van der Waals surface area contributed by atoms with Gasteiger partial charge in [0.25, 0.3) is 0 Å². The number of benzene rings is 2. The number of hydrazone groups is 1. The van der Waals surface area contributed by atoms with Crippen LogP contribution in [0.2, 0.25) is 0 Å². The fraction of sp³-hybridized carbons (Fsp3) is 0.176. The molecule has 0 aliphatic heterocycles. The van der Waals surface area contributed by atoms with Crippen LogP contribution in [0.15, 0.2) is 53.6 Å². The third-order valence-corrected chi connectivity index (χ3v) is 3.03. The van der Waals surface area contributed by atoms with E-state index in [1.807, 2.05) is 49.4 Å². The van der Waals surface area contributed by atoms with Gasteiger partial charge >= 0.3 is 0 Å². The van der Waals surface area contributed by atoms with Gasteiger partial charge in [0.05, 0.1) is 12.6 Å². The average molecular weight is 266 g/mol. The molecule has 0 spiro atoms. The van der Waals surface area contributed by atoms with Crippen molar-refractivity contribution in [1.82, 2.24) is 5.43 Å². The Morgan fingerprint density at radius 3 is 2.60 bits per heavy atom. The number of hydrogen-bond donors (Lipinski definition) is 1. The Hall–Kier alpha value is -2.42. The minimum Gasteiger partial charge on any atom is -0.273 e. The first-order valence-corrected chi connectivity index (χ1v) is 6.58. The second kappa shape index (κ2) is 6.66. The van der Waals surface area contributed by atoms with Gasteiger partial charge in [0.15, 0.2) is 0 Å². The number of hydrogen-bond acceptors (Lipinski definition) is 2. The molecule has 2 aromatic rings. The van der Waals surface area contributed by atoms with E-state index >= 15 is 0 Å². The minimum atomic E-state index is -0.114. The van der Waals surface area contributed by atoms with Crippen LogP contribution in [0.5, 0.6) is 0 Å². The predicted molar refractivity (Wildman–Crippen MR) is 81.8 cm³/mol. The molecule has 0 radical (unpaired) electrons. The van der Waals surface area contributed by atoms with Gasteiger partial charge in [-0.05, 0) is 30.5 Å². The molecule has 1 amide bonds. The van der Waals surface area contributed by atoms with Gasteiger partial charge in [-0.25, -0.2) is 5.43 Å². The van der Waals surface area contributed by atoms with E-state index in [1.165, 1.54) is 5.56 Å². The standard InChI is InChI=1S/C17H18N2O/c1-13-8-9-16(14(2)10-13)12-18-19-17(20)11-15-6-4-3-5-7-15/h3-10,12H,11H2,1-2H3,(H,19,20). The van der Waals surface area contributed by atoms with Crippen LogP contribution in [0.25, 0.3) is 0 Å². The van der Waals surface area contributed by atoms with E-state index in [0.717, 1.165) is 16.7 Å². The van der Waals surface area contributed by atoms with Crippen molar-refractivity contribution < 1.29 is 4.79 Å². The van der Waals surface area contributed by atoms with Gasteiger partial charge in [-0.15, -0.1) is 0 Å². The first-order valence-electron chi connectivity index (χ1n) is 6.58. The van der Waals surface area contributed by atoms with Crippen molar-refractivity contribution in [3.8, 4) is 0 Å². The summed E-state index contributed by atoms with van der Waals surface area (Å²) in [5.41, 5.74) is 6.90. The Bertz CT molecular complexity index is 618. The van der Waals surface area contributed by atoms with Gasteiger partial charge in [-0.1, -0.05) is 54.1 Å². The highest BCUT2D eigenvalue weighted by molar-refractivity contribution is 5.84. The Morgan fingerprint density at radius 1 is 1.15 bits per heavy atom. The lowest BCUT2D eigenvalue weighted by atomic mass is 10.1. The molecular weight excluding hydrogens is 248 g/mol. The van der Waals surface area contributed by atoms with E-state index in [9.17, 15) is 4.79 Å². The third kappa shape index (κ3) is 4.05. The summed E-state index contributed by atoms with van der Waals surface area (Å²) in [6.45, 7) is 4.08. The maximum Gasteiger partial charge on any atom is 0.244 e. The molecule has 2 rings (SSSR count). The van der Waals surface area contributed by atoms with Gasteiger partial charge in [-0.2, -0.15) is 5.10 Å². The summed E-state index contributed by atoms with van der Waals surface area (Å²) in [5, 5.41) is 4.00. The number of carbonyl (C=O) groups is 1. The number of nitrogens with zero attached hydrogens (tertiary/aromatic N) is 1. The van der Waals surface area contributed by atoms with E-state index < -0.39 is 0 Å². The zero-order valence-corrected chi connectivity index (χ0v) is 11.8. The highest BCUT2D eigenvalue weighted by Gasteiger charge is 2.01. The molecule has 20 heavy (non-hydrogen) atoms. The Morgan fingerprint density at radius 2 is 1.90 bits per heavy atom. The molecule has 0 atom stereocenters. The molecule has 102 valence electrons. The molecule has 0 bridgehead atoms. The van der Waals surface area contributed by atoms with E-state index in [2.05, 4.69) is 23.5 Å². The van der Waals surface area contributed by atoms with Gasteiger partial charge in [-0.3, -0.25) is 4.79 Å². The molecule has 0 aliphatic carbocycles. The van der Waals surface area contributed by atoms with E-state index in [4.69, 9.17) is 0 Å². The van der Waals surface area contributed by atoms with Crippen molar-refractivity contribution in [1.29, 1.82) is 0 Å². The summed E-state index contributed by atoms with van der Waals surface area (Å²) in [7, 11) is 0.